The molecule has 0 unspecified atom stereocenters. The molecule has 0 spiro atoms. The summed E-state index contributed by atoms with van der Waals surface area (Å²) in [5, 5.41) is 5.33. The molecule has 172 valence electrons. The SMILES string of the molecule is C[N-][C@H](CC(C)C)CN(C1=CCCC=C1)c1cc(Cl)c(-c2ccc(N)c(CN)c2)cc1S. The number of nitrogen functional groups attached to an aromatic ring is 1. The van der Waals surface area contributed by atoms with Gasteiger partial charge in [-0.25, -0.2) is 0 Å². The van der Waals surface area contributed by atoms with Gasteiger partial charge in [0.05, 0.1) is 10.7 Å². The number of anilines is 2. The summed E-state index contributed by atoms with van der Waals surface area (Å²) in [4.78, 5) is 3.18. The normalized spacial score (nSPS) is 14.5. The maximum absolute atomic E-state index is 6.82. The highest BCUT2D eigenvalue weighted by atomic mass is 35.5. The zero-order valence-corrected chi connectivity index (χ0v) is 20.8. The molecule has 1 atom stereocenters. The van der Waals surface area contributed by atoms with E-state index in [1.54, 1.807) is 0 Å². The Labute approximate surface area is 203 Å². The van der Waals surface area contributed by atoms with Crippen LogP contribution >= 0.6 is 24.2 Å². The number of likely N-dealkylation sites (N-methyl/N-ethyl adjacent to an activating group) is 1. The molecule has 0 bridgehead atoms. The fourth-order valence-corrected chi connectivity index (χ4v) is 4.68. The first kappa shape index (κ1) is 24.7. The van der Waals surface area contributed by atoms with Gasteiger partial charge in [0.15, 0.2) is 0 Å². The minimum absolute atomic E-state index is 0.224. The van der Waals surface area contributed by atoms with Gasteiger partial charge in [-0.05, 0) is 60.2 Å². The maximum atomic E-state index is 6.82. The first-order valence-electron chi connectivity index (χ1n) is 11.2. The monoisotopic (exact) mass is 469 g/mol. The van der Waals surface area contributed by atoms with Crippen LogP contribution in [0.5, 0.6) is 0 Å². The van der Waals surface area contributed by atoms with Crippen LogP contribution in [0.15, 0.2) is 59.2 Å². The first-order valence-corrected chi connectivity index (χ1v) is 12.0. The Hall–Kier alpha value is -1.92. The Balaban J connectivity index is 2.02. The van der Waals surface area contributed by atoms with Crippen molar-refractivity contribution in [1.82, 2.24) is 0 Å². The molecule has 3 rings (SSSR count). The molecule has 1 aliphatic carbocycles. The second-order valence-corrected chi connectivity index (χ2v) is 9.59. The van der Waals surface area contributed by atoms with E-state index in [2.05, 4.69) is 42.3 Å². The van der Waals surface area contributed by atoms with E-state index in [1.165, 1.54) is 5.70 Å². The second kappa shape index (κ2) is 11.3. The van der Waals surface area contributed by atoms with Gasteiger partial charge in [-0.15, -0.1) is 18.7 Å². The largest absolute Gasteiger partial charge is 0.661 e. The molecule has 0 aliphatic heterocycles. The van der Waals surface area contributed by atoms with Crippen molar-refractivity contribution in [2.75, 3.05) is 24.2 Å². The summed E-state index contributed by atoms with van der Waals surface area (Å²) in [7, 11) is 1.91. The van der Waals surface area contributed by atoms with Crippen LogP contribution in [0, 0.1) is 5.92 Å². The summed E-state index contributed by atoms with van der Waals surface area (Å²) in [5.74, 6) is 0.574. The number of thiol groups is 1. The van der Waals surface area contributed by atoms with Crippen LogP contribution in [0.2, 0.25) is 5.02 Å². The number of hydrogen-bond donors (Lipinski definition) is 3. The number of allylic oxidation sites excluding steroid dienone is 3. The van der Waals surface area contributed by atoms with E-state index in [0.29, 0.717) is 23.2 Å². The van der Waals surface area contributed by atoms with Crippen LogP contribution in [-0.4, -0.2) is 19.6 Å². The van der Waals surface area contributed by atoms with Crippen molar-refractivity contribution in [1.29, 1.82) is 0 Å². The zero-order valence-electron chi connectivity index (χ0n) is 19.2. The van der Waals surface area contributed by atoms with Gasteiger partial charge < -0.3 is 21.7 Å². The van der Waals surface area contributed by atoms with Crippen molar-refractivity contribution in [3.05, 3.63) is 70.2 Å². The van der Waals surface area contributed by atoms with Crippen LogP contribution in [0.25, 0.3) is 16.4 Å². The van der Waals surface area contributed by atoms with Gasteiger partial charge in [0.1, 0.15) is 0 Å². The number of benzene rings is 2. The van der Waals surface area contributed by atoms with Gasteiger partial charge >= 0.3 is 0 Å². The molecule has 4 N–H and O–H groups in total. The average Bonchev–Trinajstić information content (AvgIpc) is 2.79. The van der Waals surface area contributed by atoms with E-state index in [4.69, 9.17) is 35.7 Å². The van der Waals surface area contributed by atoms with Crippen molar-refractivity contribution < 1.29 is 0 Å². The van der Waals surface area contributed by atoms with E-state index >= 15 is 0 Å². The number of rotatable bonds is 9. The lowest BCUT2D eigenvalue weighted by Gasteiger charge is -2.38. The summed E-state index contributed by atoms with van der Waals surface area (Å²) in [6.07, 6.45) is 9.82. The average molecular weight is 470 g/mol. The predicted molar refractivity (Wildman–Crippen MR) is 143 cm³/mol. The number of halogens is 1. The molecule has 6 heteroatoms. The zero-order chi connectivity index (χ0) is 23.3. The maximum Gasteiger partial charge on any atom is 0.0561 e. The summed E-state index contributed by atoms with van der Waals surface area (Å²) < 4.78 is 0. The van der Waals surface area contributed by atoms with Crippen LogP contribution in [-0.2, 0) is 6.54 Å². The highest BCUT2D eigenvalue weighted by Gasteiger charge is 2.19. The Morgan fingerprint density at radius 3 is 2.59 bits per heavy atom. The van der Waals surface area contributed by atoms with E-state index in [9.17, 15) is 0 Å². The summed E-state index contributed by atoms with van der Waals surface area (Å²) in [6, 6.07) is 10.1. The van der Waals surface area contributed by atoms with E-state index < -0.39 is 0 Å². The van der Waals surface area contributed by atoms with E-state index in [-0.39, 0.29) is 6.04 Å². The number of nitrogens with zero attached hydrogens (tertiary/aromatic N) is 2. The molecule has 1 aliphatic rings. The van der Waals surface area contributed by atoms with Gasteiger partial charge in [-0.1, -0.05) is 50.1 Å². The lowest BCUT2D eigenvalue weighted by atomic mass is 10.00. The molecule has 0 heterocycles. The number of nitrogens with two attached hydrogens (primary N) is 2. The third-order valence-corrected chi connectivity index (χ3v) is 6.49. The summed E-state index contributed by atoms with van der Waals surface area (Å²) in [6.45, 7) is 5.64. The molecule has 0 fully saturated rings. The van der Waals surface area contributed by atoms with Gasteiger partial charge in [-0.3, -0.25) is 0 Å². The third-order valence-electron chi connectivity index (χ3n) is 5.82. The molecule has 2 aromatic rings. The van der Waals surface area contributed by atoms with Crippen molar-refractivity contribution in [3.8, 4) is 11.1 Å². The minimum atomic E-state index is 0.224. The van der Waals surface area contributed by atoms with Gasteiger partial charge in [-0.2, -0.15) is 7.05 Å². The fourth-order valence-electron chi connectivity index (χ4n) is 4.10. The Bertz CT molecular complexity index is 1000. The molecule has 32 heavy (non-hydrogen) atoms. The van der Waals surface area contributed by atoms with Gasteiger partial charge in [0.25, 0.3) is 0 Å². The van der Waals surface area contributed by atoms with Crippen molar-refractivity contribution >= 4 is 35.6 Å². The lowest BCUT2D eigenvalue weighted by molar-refractivity contribution is 0.525. The topological polar surface area (TPSA) is 69.4 Å². The molecule has 0 aromatic heterocycles. The minimum Gasteiger partial charge on any atom is -0.661 e. The molecule has 4 nitrogen and oxygen atoms in total. The molecule has 0 radical (unpaired) electrons. The standard InChI is InChI=1S/C26H34ClN4S/c1-17(2)11-20(30-3)16-31(21-7-5-4-6-8-21)25-14-23(27)22(13-26(25)32)18-9-10-24(29)19(12-18)15-28/h5,7-10,12-14,17,20,32H,4,6,11,15-16,28-29H2,1-3H3/q-1/t20-/m1/s1. The molecule has 0 saturated heterocycles. The lowest BCUT2D eigenvalue weighted by Crippen LogP contribution is -2.32. The predicted octanol–water partition coefficient (Wildman–Crippen LogP) is 6.80. The van der Waals surface area contributed by atoms with E-state index in [0.717, 1.165) is 53.1 Å². The second-order valence-electron chi connectivity index (χ2n) is 8.70. The number of hydrogen-bond acceptors (Lipinski definition) is 4. The third kappa shape index (κ3) is 5.90. The molecular formula is C26H34ClN4S-. The van der Waals surface area contributed by atoms with Crippen LogP contribution in [0.4, 0.5) is 11.4 Å². The van der Waals surface area contributed by atoms with Crippen molar-refractivity contribution in [2.24, 2.45) is 11.7 Å². The van der Waals surface area contributed by atoms with Crippen molar-refractivity contribution in [3.63, 3.8) is 0 Å². The summed E-state index contributed by atoms with van der Waals surface area (Å²) >= 11 is 11.7. The first-order chi connectivity index (χ1) is 15.3. The quantitative estimate of drug-likeness (QED) is 0.279. The summed E-state index contributed by atoms with van der Waals surface area (Å²) in [5.41, 5.74) is 17.5. The van der Waals surface area contributed by atoms with Crippen LogP contribution in [0.1, 0.15) is 38.7 Å². The Morgan fingerprint density at radius 2 is 1.97 bits per heavy atom. The Morgan fingerprint density at radius 1 is 1.19 bits per heavy atom. The molecular weight excluding hydrogens is 436 g/mol. The molecule has 2 aromatic carbocycles. The highest BCUT2D eigenvalue weighted by molar-refractivity contribution is 7.80. The smallest absolute Gasteiger partial charge is 0.0561 e. The molecule has 0 amide bonds. The van der Waals surface area contributed by atoms with Gasteiger partial charge in [0, 0.05) is 34.9 Å². The van der Waals surface area contributed by atoms with E-state index in [1.807, 2.05) is 37.4 Å². The Kier molecular flexibility index (Phi) is 8.72. The highest BCUT2D eigenvalue weighted by Crippen LogP contribution is 2.39. The van der Waals surface area contributed by atoms with Crippen molar-refractivity contribution in [2.45, 2.75) is 50.6 Å². The fraction of sp³-hybridized carbons (Fsp3) is 0.385. The van der Waals surface area contributed by atoms with Crippen LogP contribution < -0.4 is 16.4 Å². The van der Waals surface area contributed by atoms with Gasteiger partial charge in [0.2, 0.25) is 0 Å². The molecule has 0 saturated carbocycles. The van der Waals surface area contributed by atoms with Crippen LogP contribution in [0.3, 0.4) is 0 Å².